The predicted octanol–water partition coefficient (Wildman–Crippen LogP) is 2.63. The SMILES string of the molecule is CS(=O)(=O)c1ccc2nc(N(CCN3CCOCC3)C(=O)C3COc4ccccc4O3)sc2c1.Cl. The summed E-state index contributed by atoms with van der Waals surface area (Å²) in [6, 6.07) is 12.1. The van der Waals surface area contributed by atoms with E-state index in [1.54, 1.807) is 29.2 Å². The number of ether oxygens (including phenoxy) is 3. The highest BCUT2D eigenvalue weighted by molar-refractivity contribution is 7.90. The van der Waals surface area contributed by atoms with Gasteiger partial charge in [-0.2, -0.15) is 0 Å². The molecule has 3 heterocycles. The number of aromatic nitrogens is 1. The lowest BCUT2D eigenvalue weighted by atomic mass is 10.2. The van der Waals surface area contributed by atoms with Crippen LogP contribution in [0, 0.1) is 0 Å². The van der Waals surface area contributed by atoms with Crippen LogP contribution in [0.15, 0.2) is 47.4 Å². The van der Waals surface area contributed by atoms with Gasteiger partial charge in [-0.05, 0) is 30.3 Å². The third-order valence-electron chi connectivity index (χ3n) is 5.80. The van der Waals surface area contributed by atoms with E-state index in [0.29, 0.717) is 53.2 Å². The van der Waals surface area contributed by atoms with Crippen molar-refractivity contribution in [2.45, 2.75) is 11.0 Å². The number of hydrogen-bond acceptors (Lipinski definition) is 9. The Morgan fingerprint density at radius 2 is 1.91 bits per heavy atom. The van der Waals surface area contributed by atoms with Crippen molar-refractivity contribution in [3.63, 3.8) is 0 Å². The summed E-state index contributed by atoms with van der Waals surface area (Å²) in [5, 5.41) is 0.501. The maximum absolute atomic E-state index is 13.6. The fraction of sp³-hybridized carbons (Fsp3) is 0.391. The van der Waals surface area contributed by atoms with Crippen molar-refractivity contribution in [2.75, 3.05) is 57.2 Å². The van der Waals surface area contributed by atoms with Crippen molar-refractivity contribution in [1.29, 1.82) is 0 Å². The van der Waals surface area contributed by atoms with Crippen LogP contribution in [0.1, 0.15) is 0 Å². The zero-order valence-electron chi connectivity index (χ0n) is 19.1. The number of carbonyl (C=O) groups excluding carboxylic acids is 1. The molecule has 0 aliphatic carbocycles. The number of morpholine rings is 1. The van der Waals surface area contributed by atoms with E-state index in [9.17, 15) is 13.2 Å². The number of rotatable bonds is 6. The van der Waals surface area contributed by atoms with E-state index in [0.717, 1.165) is 13.1 Å². The van der Waals surface area contributed by atoms with Crippen molar-refractivity contribution >= 4 is 54.8 Å². The first-order valence-corrected chi connectivity index (χ1v) is 13.7. The average Bonchev–Trinajstić information content (AvgIpc) is 3.27. The molecule has 1 unspecified atom stereocenters. The van der Waals surface area contributed by atoms with Crippen LogP contribution in [-0.4, -0.2) is 82.6 Å². The molecule has 0 spiro atoms. The number of carbonyl (C=O) groups is 1. The summed E-state index contributed by atoms with van der Waals surface area (Å²) in [6.45, 7) is 4.11. The van der Waals surface area contributed by atoms with Crippen LogP contribution in [-0.2, 0) is 19.4 Å². The van der Waals surface area contributed by atoms with Crippen molar-refractivity contribution < 1.29 is 27.4 Å². The highest BCUT2D eigenvalue weighted by Crippen LogP contribution is 2.34. The smallest absolute Gasteiger partial charge is 0.273 e. The molecule has 1 atom stereocenters. The maximum atomic E-state index is 13.6. The quantitative estimate of drug-likeness (QED) is 0.471. The fourth-order valence-corrected chi connectivity index (χ4v) is 5.68. The number of amides is 1. The summed E-state index contributed by atoms with van der Waals surface area (Å²) < 4.78 is 41.8. The minimum atomic E-state index is -3.35. The molecule has 2 aliphatic heterocycles. The van der Waals surface area contributed by atoms with Gasteiger partial charge in [-0.25, -0.2) is 13.4 Å². The van der Waals surface area contributed by atoms with Gasteiger partial charge in [0.05, 0.1) is 28.3 Å². The topological polar surface area (TPSA) is 98.3 Å². The molecule has 0 radical (unpaired) electrons. The zero-order valence-corrected chi connectivity index (χ0v) is 21.5. The van der Waals surface area contributed by atoms with Crippen LogP contribution in [0.2, 0.25) is 0 Å². The zero-order chi connectivity index (χ0) is 23.7. The predicted molar refractivity (Wildman–Crippen MR) is 136 cm³/mol. The molecule has 2 aromatic carbocycles. The van der Waals surface area contributed by atoms with Gasteiger partial charge in [-0.3, -0.25) is 14.6 Å². The van der Waals surface area contributed by atoms with Gasteiger partial charge in [-0.1, -0.05) is 23.5 Å². The Hall–Kier alpha value is -2.44. The molecule has 3 aromatic rings. The van der Waals surface area contributed by atoms with Gasteiger partial charge >= 0.3 is 0 Å². The number of anilines is 1. The van der Waals surface area contributed by atoms with E-state index in [-0.39, 0.29) is 29.8 Å². The fourth-order valence-electron chi connectivity index (χ4n) is 3.92. The van der Waals surface area contributed by atoms with Gasteiger partial charge < -0.3 is 14.2 Å². The molecule has 188 valence electrons. The van der Waals surface area contributed by atoms with Gasteiger partial charge in [0, 0.05) is 32.4 Å². The molecule has 0 saturated carbocycles. The molecular weight excluding hydrogens is 514 g/mol. The Bertz CT molecular complexity index is 1310. The van der Waals surface area contributed by atoms with Crippen molar-refractivity contribution in [1.82, 2.24) is 9.88 Å². The lowest BCUT2D eigenvalue weighted by Gasteiger charge is -2.32. The second-order valence-corrected chi connectivity index (χ2v) is 11.2. The first kappa shape index (κ1) is 25.6. The average molecular weight is 540 g/mol. The first-order valence-electron chi connectivity index (χ1n) is 11.0. The van der Waals surface area contributed by atoms with Crippen molar-refractivity contribution in [3.8, 4) is 11.5 Å². The van der Waals surface area contributed by atoms with Gasteiger partial charge in [0.25, 0.3) is 5.91 Å². The Balaban J connectivity index is 0.00000289. The summed E-state index contributed by atoms with van der Waals surface area (Å²) in [7, 11) is -3.35. The van der Waals surface area contributed by atoms with E-state index >= 15 is 0 Å². The second kappa shape index (κ2) is 10.7. The summed E-state index contributed by atoms with van der Waals surface area (Å²) in [6.07, 6.45) is 0.366. The van der Waals surface area contributed by atoms with E-state index < -0.39 is 15.9 Å². The maximum Gasteiger partial charge on any atom is 0.273 e. The molecule has 5 rings (SSSR count). The van der Waals surface area contributed by atoms with Gasteiger partial charge in [0.1, 0.15) is 6.61 Å². The van der Waals surface area contributed by atoms with Crippen LogP contribution < -0.4 is 14.4 Å². The first-order chi connectivity index (χ1) is 16.4. The highest BCUT2D eigenvalue weighted by Gasteiger charge is 2.33. The Kier molecular flexibility index (Phi) is 7.82. The molecule has 1 fully saturated rings. The van der Waals surface area contributed by atoms with Crippen LogP contribution >= 0.6 is 23.7 Å². The monoisotopic (exact) mass is 539 g/mol. The number of nitrogens with zero attached hydrogens (tertiary/aromatic N) is 3. The number of para-hydroxylation sites is 2. The molecular formula is C23H26ClN3O6S2. The van der Waals surface area contributed by atoms with E-state index in [1.807, 2.05) is 12.1 Å². The lowest BCUT2D eigenvalue weighted by molar-refractivity contribution is -0.127. The Morgan fingerprint density at radius 3 is 2.66 bits per heavy atom. The van der Waals surface area contributed by atoms with Crippen LogP contribution in [0.3, 0.4) is 0 Å². The standard InChI is InChI=1S/C23H25N3O6S2.ClH/c1-34(28,29)16-6-7-17-21(14-16)33-23(24-17)26(9-8-25-10-12-30-13-11-25)22(27)20-15-31-18-4-2-3-5-19(18)32-20;/h2-7,14,20H,8-13,15H2,1H3;1H. The molecule has 1 amide bonds. The van der Waals surface area contributed by atoms with Gasteiger partial charge in [-0.15, -0.1) is 12.4 Å². The normalized spacial score (nSPS) is 18.1. The molecule has 0 bridgehead atoms. The van der Waals surface area contributed by atoms with Crippen molar-refractivity contribution in [3.05, 3.63) is 42.5 Å². The van der Waals surface area contributed by atoms with E-state index in [2.05, 4.69) is 9.88 Å². The second-order valence-electron chi connectivity index (χ2n) is 8.21. The molecule has 35 heavy (non-hydrogen) atoms. The Morgan fingerprint density at radius 1 is 1.17 bits per heavy atom. The van der Waals surface area contributed by atoms with Crippen LogP contribution in [0.5, 0.6) is 11.5 Å². The number of sulfone groups is 1. The van der Waals surface area contributed by atoms with E-state index in [4.69, 9.17) is 14.2 Å². The summed E-state index contributed by atoms with van der Waals surface area (Å²) in [4.78, 5) is 22.4. The highest BCUT2D eigenvalue weighted by atomic mass is 35.5. The Labute approximate surface area is 213 Å². The van der Waals surface area contributed by atoms with Crippen molar-refractivity contribution in [2.24, 2.45) is 0 Å². The number of fused-ring (bicyclic) bond motifs is 2. The van der Waals surface area contributed by atoms with Gasteiger partial charge in [0.2, 0.25) is 6.10 Å². The molecule has 0 N–H and O–H groups in total. The minimum absolute atomic E-state index is 0. The molecule has 9 nitrogen and oxygen atoms in total. The number of thiazole rings is 1. The third kappa shape index (κ3) is 5.70. The molecule has 1 saturated heterocycles. The van der Waals surface area contributed by atoms with Gasteiger partial charge in [0.15, 0.2) is 26.5 Å². The van der Waals surface area contributed by atoms with E-state index in [1.165, 1.54) is 23.7 Å². The summed E-state index contributed by atoms with van der Waals surface area (Å²) in [5.74, 6) is 0.896. The minimum Gasteiger partial charge on any atom is -0.485 e. The molecule has 12 heteroatoms. The third-order valence-corrected chi connectivity index (χ3v) is 7.95. The largest absolute Gasteiger partial charge is 0.485 e. The number of hydrogen-bond donors (Lipinski definition) is 0. The lowest BCUT2D eigenvalue weighted by Crippen LogP contribution is -2.49. The molecule has 1 aromatic heterocycles. The van der Waals surface area contributed by atoms with Crippen LogP contribution in [0.25, 0.3) is 10.2 Å². The summed E-state index contributed by atoms with van der Waals surface area (Å²) >= 11 is 1.29. The number of halogens is 1. The molecule has 2 aliphatic rings. The number of benzene rings is 2. The van der Waals surface area contributed by atoms with Crippen LogP contribution in [0.4, 0.5) is 5.13 Å². The summed E-state index contributed by atoms with van der Waals surface area (Å²) in [5.41, 5.74) is 0.641.